The second-order valence-electron chi connectivity index (χ2n) is 11.4. The summed E-state index contributed by atoms with van der Waals surface area (Å²) in [7, 11) is 4.91. The standard InChI is InChI=1S/C30H33F2N5O2/c1-17-21(16-37(34-17)20-7-10-35(2)15-20)23-11-22-19(13-33-23)14-36(29(18-5-6-18)30(22)8-9-30)28-26(31)24(38-3)12-25(39-4)27(28)32/h11-13,16,20H,5-10,14-15H2,1-4H3. The number of hydrogen-bond donors (Lipinski definition) is 0. The highest BCUT2D eigenvalue weighted by molar-refractivity contribution is 5.71. The number of fused-ring (bicyclic) bond motifs is 2. The number of halogens is 2. The number of pyridine rings is 1. The Morgan fingerprint density at radius 3 is 2.36 bits per heavy atom. The molecular weight excluding hydrogens is 500 g/mol. The molecule has 2 aliphatic carbocycles. The van der Waals surface area contributed by atoms with Gasteiger partial charge in [0.25, 0.3) is 0 Å². The van der Waals surface area contributed by atoms with Crippen LogP contribution in [-0.4, -0.2) is 54.0 Å². The predicted octanol–water partition coefficient (Wildman–Crippen LogP) is 5.53. The lowest BCUT2D eigenvalue weighted by molar-refractivity contribution is 0.358. The van der Waals surface area contributed by atoms with Crippen LogP contribution in [0.25, 0.3) is 11.3 Å². The predicted molar refractivity (Wildman–Crippen MR) is 144 cm³/mol. The number of likely N-dealkylation sites (tertiary alicyclic amines) is 1. The number of allylic oxidation sites excluding steroid dienone is 2. The fourth-order valence-corrected chi connectivity index (χ4v) is 6.65. The second-order valence-corrected chi connectivity index (χ2v) is 11.4. The van der Waals surface area contributed by atoms with Gasteiger partial charge in [0.05, 0.1) is 31.6 Å². The molecule has 1 aromatic carbocycles. The van der Waals surface area contributed by atoms with Gasteiger partial charge in [-0.3, -0.25) is 9.67 Å². The van der Waals surface area contributed by atoms with Gasteiger partial charge in [-0.25, -0.2) is 8.78 Å². The van der Waals surface area contributed by atoms with Crippen molar-refractivity contribution in [3.05, 3.63) is 64.3 Å². The van der Waals surface area contributed by atoms with Crippen molar-refractivity contribution in [2.75, 3.05) is 39.3 Å². The number of likely N-dealkylation sites (N-methyl/N-ethyl adjacent to an activating group) is 1. The smallest absolute Gasteiger partial charge is 0.191 e. The molecule has 0 N–H and O–H groups in total. The van der Waals surface area contributed by atoms with Crippen LogP contribution in [-0.2, 0) is 12.0 Å². The molecular formula is C30H33F2N5O2. The molecule has 3 fully saturated rings. The molecule has 0 bridgehead atoms. The first-order valence-electron chi connectivity index (χ1n) is 13.7. The van der Waals surface area contributed by atoms with Crippen LogP contribution in [0.4, 0.5) is 14.5 Å². The summed E-state index contributed by atoms with van der Waals surface area (Å²) in [6.45, 7) is 4.45. The van der Waals surface area contributed by atoms with Crippen molar-refractivity contribution in [2.24, 2.45) is 0 Å². The third-order valence-electron chi connectivity index (χ3n) is 8.89. The number of benzene rings is 1. The lowest BCUT2D eigenvalue weighted by atomic mass is 9.83. The lowest BCUT2D eigenvalue weighted by Crippen LogP contribution is -2.37. The number of ether oxygens (including phenoxy) is 2. The lowest BCUT2D eigenvalue weighted by Gasteiger charge is -2.40. The maximum Gasteiger partial charge on any atom is 0.191 e. The van der Waals surface area contributed by atoms with E-state index in [1.807, 2.05) is 18.0 Å². The second kappa shape index (κ2) is 8.78. The van der Waals surface area contributed by atoms with E-state index in [1.165, 1.54) is 31.4 Å². The molecule has 39 heavy (non-hydrogen) atoms. The van der Waals surface area contributed by atoms with E-state index >= 15 is 8.78 Å². The largest absolute Gasteiger partial charge is 0.493 e. The highest BCUT2D eigenvalue weighted by Crippen LogP contribution is 2.62. The minimum Gasteiger partial charge on any atom is -0.493 e. The highest BCUT2D eigenvalue weighted by Gasteiger charge is 2.56. The summed E-state index contributed by atoms with van der Waals surface area (Å²) in [5, 5.41) is 4.85. The number of rotatable bonds is 5. The summed E-state index contributed by atoms with van der Waals surface area (Å²) in [5.74, 6) is -1.49. The van der Waals surface area contributed by atoms with E-state index in [4.69, 9.17) is 19.6 Å². The van der Waals surface area contributed by atoms with Gasteiger partial charge >= 0.3 is 0 Å². The Kier molecular flexibility index (Phi) is 5.53. The summed E-state index contributed by atoms with van der Waals surface area (Å²) in [6, 6.07) is 3.85. The van der Waals surface area contributed by atoms with E-state index in [0.29, 0.717) is 12.6 Å². The number of nitrogens with zero attached hydrogens (tertiary/aromatic N) is 5. The number of aryl methyl sites for hydroxylation is 1. The van der Waals surface area contributed by atoms with Crippen molar-refractivity contribution in [1.82, 2.24) is 19.7 Å². The quantitative estimate of drug-likeness (QED) is 0.430. The van der Waals surface area contributed by atoms with Crippen LogP contribution in [0.5, 0.6) is 11.5 Å². The van der Waals surface area contributed by atoms with Crippen molar-refractivity contribution in [3.8, 4) is 22.8 Å². The zero-order chi connectivity index (χ0) is 27.1. The first-order valence-corrected chi connectivity index (χ1v) is 13.7. The zero-order valence-corrected chi connectivity index (χ0v) is 22.9. The molecule has 7 rings (SSSR count). The van der Waals surface area contributed by atoms with Crippen LogP contribution in [0.1, 0.15) is 55.0 Å². The van der Waals surface area contributed by atoms with Crippen molar-refractivity contribution in [1.29, 1.82) is 0 Å². The van der Waals surface area contributed by atoms with Gasteiger partial charge in [-0.15, -0.1) is 0 Å². The van der Waals surface area contributed by atoms with E-state index in [1.54, 1.807) is 0 Å². The van der Waals surface area contributed by atoms with E-state index in [9.17, 15) is 0 Å². The number of methoxy groups -OCH3 is 2. The maximum atomic E-state index is 15.7. The van der Waals surface area contributed by atoms with Crippen LogP contribution in [0.2, 0.25) is 0 Å². The molecule has 9 heteroatoms. The monoisotopic (exact) mass is 533 g/mol. The molecule has 7 nitrogen and oxygen atoms in total. The van der Waals surface area contributed by atoms with E-state index in [-0.39, 0.29) is 22.6 Å². The molecule has 1 atom stereocenters. The van der Waals surface area contributed by atoms with E-state index in [0.717, 1.165) is 73.4 Å². The number of aromatic nitrogens is 3. The van der Waals surface area contributed by atoms with Crippen molar-refractivity contribution in [2.45, 2.75) is 57.0 Å². The van der Waals surface area contributed by atoms with Gasteiger partial charge in [-0.2, -0.15) is 5.10 Å². The molecule has 3 aromatic rings. The molecule has 4 aliphatic rings. The van der Waals surface area contributed by atoms with Crippen molar-refractivity contribution in [3.63, 3.8) is 0 Å². The Balaban J connectivity index is 1.33. The normalized spacial score (nSPS) is 21.5. The van der Waals surface area contributed by atoms with Crippen molar-refractivity contribution < 1.29 is 18.3 Å². The summed E-state index contributed by atoms with van der Waals surface area (Å²) >= 11 is 0. The number of hydrogen-bond acceptors (Lipinski definition) is 6. The van der Waals surface area contributed by atoms with Crippen LogP contribution >= 0.6 is 0 Å². The molecule has 1 unspecified atom stereocenters. The van der Waals surface area contributed by atoms with Crippen molar-refractivity contribution >= 4 is 5.69 Å². The topological polar surface area (TPSA) is 55.7 Å². The third kappa shape index (κ3) is 3.77. The third-order valence-corrected chi connectivity index (χ3v) is 8.89. The van der Waals surface area contributed by atoms with E-state index in [2.05, 4.69) is 28.9 Å². The Bertz CT molecular complexity index is 1490. The Morgan fingerprint density at radius 1 is 1.05 bits per heavy atom. The maximum absolute atomic E-state index is 15.7. The zero-order valence-electron chi connectivity index (χ0n) is 22.9. The summed E-state index contributed by atoms with van der Waals surface area (Å²) in [6.07, 6.45) is 8.90. The van der Waals surface area contributed by atoms with Crippen LogP contribution < -0.4 is 14.4 Å². The molecule has 0 amide bonds. The summed E-state index contributed by atoms with van der Waals surface area (Å²) < 4.78 is 44.0. The average molecular weight is 534 g/mol. The van der Waals surface area contributed by atoms with Gasteiger partial charge in [0.1, 0.15) is 5.69 Å². The van der Waals surface area contributed by atoms with Gasteiger partial charge in [0.2, 0.25) is 0 Å². The summed E-state index contributed by atoms with van der Waals surface area (Å²) in [5.41, 5.74) is 7.07. The van der Waals surface area contributed by atoms with Gasteiger partial charge in [0, 0.05) is 48.2 Å². The van der Waals surface area contributed by atoms with Gasteiger partial charge in [-0.1, -0.05) is 0 Å². The van der Waals surface area contributed by atoms with Crippen LogP contribution in [0.3, 0.4) is 0 Å². The molecule has 1 saturated heterocycles. The highest BCUT2D eigenvalue weighted by atomic mass is 19.1. The van der Waals surface area contributed by atoms with Crippen LogP contribution in [0.15, 0.2) is 35.8 Å². The first-order chi connectivity index (χ1) is 18.8. The SMILES string of the molecule is COc1cc(OC)c(F)c(N2Cc3cnc(-c4cn(C5CCN(C)C5)nc4C)cc3C3(CC3)C2=C2CC2)c1F. The molecule has 2 aliphatic heterocycles. The van der Waals surface area contributed by atoms with Gasteiger partial charge in [0.15, 0.2) is 23.1 Å². The molecule has 2 saturated carbocycles. The summed E-state index contributed by atoms with van der Waals surface area (Å²) in [4.78, 5) is 9.01. The fraction of sp³-hybridized carbons (Fsp3) is 0.467. The first kappa shape index (κ1) is 24.6. The Hall–Kier alpha value is -3.46. The molecule has 204 valence electrons. The minimum absolute atomic E-state index is 0.0338. The fourth-order valence-electron chi connectivity index (χ4n) is 6.65. The van der Waals surface area contributed by atoms with Gasteiger partial charge < -0.3 is 19.3 Å². The Morgan fingerprint density at radius 2 is 1.77 bits per heavy atom. The van der Waals surface area contributed by atoms with Gasteiger partial charge in [-0.05, 0) is 75.4 Å². The Labute approximate surface area is 227 Å². The molecule has 2 aromatic heterocycles. The minimum atomic E-state index is -0.709. The molecule has 1 spiro atoms. The molecule has 0 radical (unpaired) electrons. The molecule has 4 heterocycles. The number of anilines is 1. The van der Waals surface area contributed by atoms with Crippen LogP contribution in [0, 0.1) is 18.6 Å². The van der Waals surface area contributed by atoms with E-state index < -0.39 is 11.6 Å². The average Bonchev–Trinajstić information content (AvgIpc) is 3.84.